The van der Waals surface area contributed by atoms with Gasteiger partial charge in [-0.25, -0.2) is 0 Å². The lowest BCUT2D eigenvalue weighted by atomic mass is 9.79. The van der Waals surface area contributed by atoms with Gasteiger partial charge >= 0.3 is 7.12 Å². The second kappa shape index (κ2) is 4.39. The van der Waals surface area contributed by atoms with Gasteiger partial charge in [0.1, 0.15) is 5.75 Å². The highest BCUT2D eigenvalue weighted by molar-refractivity contribution is 6.89. The number of benzene rings is 1. The summed E-state index contributed by atoms with van der Waals surface area (Å²) in [5, 5.41) is 19.5. The fourth-order valence-corrected chi connectivity index (χ4v) is 3.10. The molecule has 0 spiro atoms. The van der Waals surface area contributed by atoms with E-state index in [4.69, 9.17) is 4.74 Å². The molecule has 0 bridgehead atoms. The molecule has 3 nitrogen and oxygen atoms in total. The summed E-state index contributed by atoms with van der Waals surface area (Å²) in [6.45, 7) is 6.58. The molecule has 0 heterocycles. The number of rotatable bonds is 3. The third kappa shape index (κ3) is 2.62. The van der Waals surface area contributed by atoms with Crippen LogP contribution in [-0.2, 0) is 0 Å². The standard InChI is InChI=1S/C10H17BO3Si/c1-14-10-8(11(12)13)6-5-7-9(10)15(2,3)4/h5-7,12-13H,1-4H3. The van der Waals surface area contributed by atoms with Gasteiger partial charge < -0.3 is 14.8 Å². The lowest BCUT2D eigenvalue weighted by molar-refractivity contribution is 0.405. The van der Waals surface area contributed by atoms with Gasteiger partial charge in [-0.15, -0.1) is 0 Å². The van der Waals surface area contributed by atoms with Gasteiger partial charge in [-0.05, 0) is 5.19 Å². The van der Waals surface area contributed by atoms with Crippen LogP contribution in [0.5, 0.6) is 5.75 Å². The minimum atomic E-state index is -1.52. The zero-order valence-corrected chi connectivity index (χ0v) is 10.6. The van der Waals surface area contributed by atoms with E-state index in [1.54, 1.807) is 13.2 Å². The molecule has 1 rings (SSSR count). The maximum absolute atomic E-state index is 9.22. The minimum absolute atomic E-state index is 0.442. The molecule has 0 aliphatic rings. The number of methoxy groups -OCH3 is 1. The van der Waals surface area contributed by atoms with Crippen molar-refractivity contribution in [1.82, 2.24) is 0 Å². The molecule has 0 radical (unpaired) electrons. The summed E-state index contributed by atoms with van der Waals surface area (Å²) in [5.41, 5.74) is 0.442. The molecule has 0 fully saturated rings. The summed E-state index contributed by atoms with van der Waals surface area (Å²) >= 11 is 0. The molecule has 0 atom stereocenters. The molecule has 0 aliphatic carbocycles. The van der Waals surface area contributed by atoms with Gasteiger partial charge in [0.05, 0.1) is 15.2 Å². The minimum Gasteiger partial charge on any atom is -0.497 e. The SMILES string of the molecule is COc1c(B(O)O)cccc1[Si](C)(C)C. The van der Waals surface area contributed by atoms with E-state index in [-0.39, 0.29) is 0 Å². The highest BCUT2D eigenvalue weighted by atomic mass is 28.3. The second-order valence-electron chi connectivity index (χ2n) is 4.55. The van der Waals surface area contributed by atoms with Crippen molar-refractivity contribution in [2.75, 3.05) is 7.11 Å². The quantitative estimate of drug-likeness (QED) is 0.706. The van der Waals surface area contributed by atoms with Crippen molar-refractivity contribution in [3.8, 4) is 5.75 Å². The van der Waals surface area contributed by atoms with Crippen molar-refractivity contribution < 1.29 is 14.8 Å². The van der Waals surface area contributed by atoms with E-state index in [0.717, 1.165) is 5.19 Å². The van der Waals surface area contributed by atoms with Crippen molar-refractivity contribution in [1.29, 1.82) is 0 Å². The van der Waals surface area contributed by atoms with Gasteiger partial charge in [0.15, 0.2) is 0 Å². The molecule has 5 heteroatoms. The first kappa shape index (κ1) is 12.3. The molecule has 0 saturated carbocycles. The van der Waals surface area contributed by atoms with Crippen LogP contribution in [0.1, 0.15) is 0 Å². The van der Waals surface area contributed by atoms with Crippen LogP contribution in [-0.4, -0.2) is 32.4 Å². The summed E-state index contributed by atoms with van der Waals surface area (Å²) in [5.74, 6) is 0.617. The molecule has 0 amide bonds. The van der Waals surface area contributed by atoms with Crippen LogP contribution in [0, 0.1) is 0 Å². The van der Waals surface area contributed by atoms with Gasteiger partial charge in [-0.2, -0.15) is 0 Å². The van der Waals surface area contributed by atoms with E-state index >= 15 is 0 Å². The van der Waals surface area contributed by atoms with Crippen LogP contribution in [0.2, 0.25) is 19.6 Å². The van der Waals surface area contributed by atoms with Gasteiger partial charge in [0.25, 0.3) is 0 Å². The lowest BCUT2D eigenvalue weighted by Crippen LogP contribution is -2.43. The van der Waals surface area contributed by atoms with E-state index in [9.17, 15) is 10.0 Å². The lowest BCUT2D eigenvalue weighted by Gasteiger charge is -2.22. The Balaban J connectivity index is 3.35. The van der Waals surface area contributed by atoms with Crippen LogP contribution in [0.3, 0.4) is 0 Å². The first-order valence-electron chi connectivity index (χ1n) is 4.91. The third-order valence-electron chi connectivity index (χ3n) is 2.34. The zero-order valence-electron chi connectivity index (χ0n) is 9.61. The molecule has 82 valence electrons. The first-order chi connectivity index (χ1) is 6.88. The predicted molar refractivity (Wildman–Crippen MR) is 65.8 cm³/mol. The van der Waals surface area contributed by atoms with E-state index < -0.39 is 15.2 Å². The van der Waals surface area contributed by atoms with Crippen molar-refractivity contribution >= 4 is 25.8 Å². The molecular weight excluding hydrogens is 207 g/mol. The maximum atomic E-state index is 9.22. The molecular formula is C10H17BO3Si. The van der Waals surface area contributed by atoms with Gasteiger partial charge in [-0.3, -0.25) is 0 Å². The average Bonchev–Trinajstić information content (AvgIpc) is 2.15. The monoisotopic (exact) mass is 224 g/mol. The van der Waals surface area contributed by atoms with E-state index in [1.807, 2.05) is 12.1 Å². The van der Waals surface area contributed by atoms with Gasteiger partial charge in [0, 0.05) is 5.46 Å². The molecule has 0 aromatic heterocycles. The van der Waals surface area contributed by atoms with Crippen molar-refractivity contribution in [3.63, 3.8) is 0 Å². The largest absolute Gasteiger partial charge is 0.497 e. The zero-order chi connectivity index (χ0) is 11.6. The smallest absolute Gasteiger partial charge is 0.492 e. The van der Waals surface area contributed by atoms with E-state index in [1.165, 1.54) is 0 Å². The number of hydrogen-bond acceptors (Lipinski definition) is 3. The number of para-hydroxylation sites is 1. The van der Waals surface area contributed by atoms with Crippen molar-refractivity contribution in [2.24, 2.45) is 0 Å². The van der Waals surface area contributed by atoms with Crippen molar-refractivity contribution in [2.45, 2.75) is 19.6 Å². The summed E-state index contributed by atoms with van der Waals surface area (Å²) in [6.07, 6.45) is 0. The van der Waals surface area contributed by atoms with E-state index in [0.29, 0.717) is 11.2 Å². The summed E-state index contributed by atoms with van der Waals surface area (Å²) < 4.78 is 5.28. The van der Waals surface area contributed by atoms with Gasteiger partial charge in [0.2, 0.25) is 0 Å². The second-order valence-corrected chi connectivity index (χ2v) is 9.59. The summed E-state index contributed by atoms with van der Waals surface area (Å²) in [6, 6.07) is 5.51. The third-order valence-corrected chi connectivity index (χ3v) is 4.35. The fourth-order valence-electron chi connectivity index (χ4n) is 1.58. The van der Waals surface area contributed by atoms with Crippen LogP contribution in [0.15, 0.2) is 18.2 Å². The highest BCUT2D eigenvalue weighted by Crippen LogP contribution is 2.12. The Kier molecular flexibility index (Phi) is 3.59. The van der Waals surface area contributed by atoms with Crippen molar-refractivity contribution in [3.05, 3.63) is 18.2 Å². The Hall–Kier alpha value is -0.778. The molecule has 0 unspecified atom stereocenters. The fraction of sp³-hybridized carbons (Fsp3) is 0.400. The Morgan fingerprint density at radius 3 is 2.20 bits per heavy atom. The molecule has 2 N–H and O–H groups in total. The highest BCUT2D eigenvalue weighted by Gasteiger charge is 2.26. The Bertz CT molecular complexity index is 347. The van der Waals surface area contributed by atoms with Crippen LogP contribution >= 0.6 is 0 Å². The maximum Gasteiger partial charge on any atom is 0.492 e. The Morgan fingerprint density at radius 1 is 1.20 bits per heavy atom. The molecule has 15 heavy (non-hydrogen) atoms. The summed E-state index contributed by atoms with van der Waals surface area (Å²) in [4.78, 5) is 0. The molecule has 0 aliphatic heterocycles. The topological polar surface area (TPSA) is 49.7 Å². The Labute approximate surface area is 91.9 Å². The van der Waals surface area contributed by atoms with Gasteiger partial charge in [-0.1, -0.05) is 37.8 Å². The average molecular weight is 224 g/mol. The number of ether oxygens (including phenoxy) is 1. The number of hydrogen-bond donors (Lipinski definition) is 2. The molecule has 1 aromatic carbocycles. The molecule has 1 aromatic rings. The van der Waals surface area contributed by atoms with Crippen LogP contribution in [0.4, 0.5) is 0 Å². The van der Waals surface area contributed by atoms with Crippen LogP contribution < -0.4 is 15.4 Å². The first-order valence-corrected chi connectivity index (χ1v) is 8.41. The van der Waals surface area contributed by atoms with E-state index in [2.05, 4.69) is 19.6 Å². The summed E-state index contributed by atoms with van der Waals surface area (Å²) in [7, 11) is -1.44. The molecule has 0 saturated heterocycles. The normalized spacial score (nSPS) is 11.3. The Morgan fingerprint density at radius 2 is 1.80 bits per heavy atom. The predicted octanol–water partition coefficient (Wildman–Crippen LogP) is -0.0798. The van der Waals surface area contributed by atoms with Crippen LogP contribution in [0.25, 0.3) is 0 Å².